The number of hydrogen-bond donors (Lipinski definition) is 1. The molecule has 2 rings (SSSR count). The van der Waals surface area contributed by atoms with Gasteiger partial charge in [-0.15, -0.1) is 0 Å². The molecular formula is C15H23NO3. The van der Waals surface area contributed by atoms with Crippen LogP contribution in [-0.2, 0) is 0 Å². The Hall–Kier alpha value is -1.42. The van der Waals surface area contributed by atoms with Gasteiger partial charge in [0.1, 0.15) is 5.75 Å². The van der Waals surface area contributed by atoms with Crippen molar-refractivity contribution in [1.82, 2.24) is 5.32 Å². The van der Waals surface area contributed by atoms with E-state index in [1.165, 1.54) is 6.42 Å². The molecule has 0 amide bonds. The summed E-state index contributed by atoms with van der Waals surface area (Å²) in [4.78, 5) is 0. The lowest BCUT2D eigenvalue weighted by Gasteiger charge is -2.20. The van der Waals surface area contributed by atoms with Crippen LogP contribution in [-0.4, -0.2) is 26.9 Å². The first-order valence-electron chi connectivity index (χ1n) is 6.81. The van der Waals surface area contributed by atoms with Crippen LogP contribution in [0.5, 0.6) is 17.2 Å². The summed E-state index contributed by atoms with van der Waals surface area (Å²) in [7, 11) is 3.36. The van der Waals surface area contributed by atoms with Crippen LogP contribution in [0.1, 0.15) is 38.3 Å². The Morgan fingerprint density at radius 2 is 1.84 bits per heavy atom. The fourth-order valence-corrected chi connectivity index (χ4v) is 2.46. The zero-order chi connectivity index (χ0) is 13.8. The molecule has 0 bridgehead atoms. The van der Waals surface area contributed by atoms with Gasteiger partial charge in [0.15, 0.2) is 11.5 Å². The molecule has 1 aliphatic rings. The second kappa shape index (κ2) is 6.15. The van der Waals surface area contributed by atoms with Gasteiger partial charge in [0.2, 0.25) is 0 Å². The summed E-state index contributed by atoms with van der Waals surface area (Å²) >= 11 is 0. The molecule has 0 aromatic heterocycles. The predicted octanol–water partition coefficient (Wildman–Crippen LogP) is 2.92. The standard InChI is InChI=1S/C15H23NO3/c1-10(2)19-15-9-13(17-3)11(8-14(15)18-4)12-6-5-7-16-12/h8-10,12,16H,5-7H2,1-4H3. The molecule has 1 unspecified atom stereocenters. The van der Waals surface area contributed by atoms with Crippen molar-refractivity contribution in [3.05, 3.63) is 17.7 Å². The largest absolute Gasteiger partial charge is 0.496 e. The van der Waals surface area contributed by atoms with Crippen molar-refractivity contribution in [2.24, 2.45) is 0 Å². The number of hydrogen-bond acceptors (Lipinski definition) is 4. The summed E-state index contributed by atoms with van der Waals surface area (Å²) in [6, 6.07) is 4.30. The number of methoxy groups -OCH3 is 2. The van der Waals surface area contributed by atoms with Crippen molar-refractivity contribution in [1.29, 1.82) is 0 Å². The van der Waals surface area contributed by atoms with Crippen LogP contribution in [0.4, 0.5) is 0 Å². The minimum Gasteiger partial charge on any atom is -0.496 e. The number of benzene rings is 1. The molecule has 1 aliphatic heterocycles. The van der Waals surface area contributed by atoms with Gasteiger partial charge in [0.05, 0.1) is 20.3 Å². The first-order chi connectivity index (χ1) is 9.15. The highest BCUT2D eigenvalue weighted by molar-refractivity contribution is 5.52. The molecule has 106 valence electrons. The van der Waals surface area contributed by atoms with E-state index >= 15 is 0 Å². The quantitative estimate of drug-likeness (QED) is 0.888. The monoisotopic (exact) mass is 265 g/mol. The van der Waals surface area contributed by atoms with Gasteiger partial charge in [-0.25, -0.2) is 0 Å². The molecule has 1 atom stereocenters. The highest BCUT2D eigenvalue weighted by Crippen LogP contribution is 2.40. The normalized spacial score (nSPS) is 18.7. The average Bonchev–Trinajstić information content (AvgIpc) is 2.91. The molecular weight excluding hydrogens is 242 g/mol. The molecule has 4 heteroatoms. The Bertz CT molecular complexity index is 426. The first kappa shape index (κ1) is 14.0. The van der Waals surface area contributed by atoms with E-state index in [-0.39, 0.29) is 6.10 Å². The summed E-state index contributed by atoms with van der Waals surface area (Å²) in [5.41, 5.74) is 1.15. The number of rotatable bonds is 5. The second-order valence-corrected chi connectivity index (χ2v) is 5.06. The van der Waals surface area contributed by atoms with Gasteiger partial charge in [0, 0.05) is 17.7 Å². The van der Waals surface area contributed by atoms with E-state index in [0.29, 0.717) is 6.04 Å². The molecule has 1 fully saturated rings. The molecule has 0 saturated carbocycles. The summed E-state index contributed by atoms with van der Waals surface area (Å²) in [6.07, 6.45) is 2.43. The van der Waals surface area contributed by atoms with E-state index < -0.39 is 0 Å². The molecule has 1 aromatic rings. The van der Waals surface area contributed by atoms with E-state index in [0.717, 1.165) is 35.8 Å². The highest BCUT2D eigenvalue weighted by atomic mass is 16.5. The van der Waals surface area contributed by atoms with Crippen molar-refractivity contribution in [2.45, 2.75) is 38.8 Å². The maximum atomic E-state index is 5.77. The van der Waals surface area contributed by atoms with E-state index in [9.17, 15) is 0 Å². The fraction of sp³-hybridized carbons (Fsp3) is 0.600. The number of ether oxygens (including phenoxy) is 3. The lowest BCUT2D eigenvalue weighted by Crippen LogP contribution is -2.14. The first-order valence-corrected chi connectivity index (χ1v) is 6.81. The Kier molecular flexibility index (Phi) is 4.53. The molecule has 1 N–H and O–H groups in total. The van der Waals surface area contributed by atoms with Crippen LogP contribution in [0.25, 0.3) is 0 Å². The molecule has 4 nitrogen and oxygen atoms in total. The van der Waals surface area contributed by atoms with Crippen molar-refractivity contribution < 1.29 is 14.2 Å². The van der Waals surface area contributed by atoms with E-state index in [4.69, 9.17) is 14.2 Å². The van der Waals surface area contributed by atoms with Gasteiger partial charge in [0.25, 0.3) is 0 Å². The van der Waals surface area contributed by atoms with Crippen molar-refractivity contribution in [3.63, 3.8) is 0 Å². The van der Waals surface area contributed by atoms with Gasteiger partial charge < -0.3 is 19.5 Å². The predicted molar refractivity (Wildman–Crippen MR) is 75.3 cm³/mol. The van der Waals surface area contributed by atoms with Crippen molar-refractivity contribution >= 4 is 0 Å². The van der Waals surface area contributed by atoms with E-state index in [1.54, 1.807) is 14.2 Å². The van der Waals surface area contributed by atoms with Gasteiger partial charge in [-0.2, -0.15) is 0 Å². The minimum atomic E-state index is 0.106. The van der Waals surface area contributed by atoms with Crippen molar-refractivity contribution in [3.8, 4) is 17.2 Å². The smallest absolute Gasteiger partial charge is 0.165 e. The summed E-state index contributed by atoms with van der Waals surface area (Å²) in [5, 5.41) is 3.48. The van der Waals surface area contributed by atoms with E-state index in [2.05, 4.69) is 5.32 Å². The Balaban J connectivity index is 2.37. The Morgan fingerprint density at radius 3 is 2.37 bits per heavy atom. The third kappa shape index (κ3) is 3.13. The molecule has 1 heterocycles. The zero-order valence-electron chi connectivity index (χ0n) is 12.2. The fourth-order valence-electron chi connectivity index (χ4n) is 2.46. The molecule has 0 aliphatic carbocycles. The lowest BCUT2D eigenvalue weighted by atomic mass is 10.0. The summed E-state index contributed by atoms with van der Waals surface area (Å²) in [6.45, 7) is 5.05. The van der Waals surface area contributed by atoms with Crippen LogP contribution in [0, 0.1) is 0 Å². The van der Waals surface area contributed by atoms with Gasteiger partial charge in [-0.1, -0.05) is 0 Å². The summed E-state index contributed by atoms with van der Waals surface area (Å²) < 4.78 is 16.7. The molecule has 0 spiro atoms. The van der Waals surface area contributed by atoms with E-state index in [1.807, 2.05) is 26.0 Å². The average molecular weight is 265 g/mol. The summed E-state index contributed by atoms with van der Waals surface area (Å²) in [5.74, 6) is 2.35. The highest BCUT2D eigenvalue weighted by Gasteiger charge is 2.22. The molecule has 1 aromatic carbocycles. The van der Waals surface area contributed by atoms with Crippen LogP contribution < -0.4 is 19.5 Å². The van der Waals surface area contributed by atoms with Crippen LogP contribution in [0.15, 0.2) is 12.1 Å². The topological polar surface area (TPSA) is 39.7 Å². The van der Waals surface area contributed by atoms with Crippen LogP contribution in [0.2, 0.25) is 0 Å². The molecule has 19 heavy (non-hydrogen) atoms. The maximum absolute atomic E-state index is 5.77. The SMILES string of the molecule is COc1cc(C2CCCN2)c(OC)cc1OC(C)C. The minimum absolute atomic E-state index is 0.106. The van der Waals surface area contributed by atoms with Gasteiger partial charge >= 0.3 is 0 Å². The molecule has 1 saturated heterocycles. The lowest BCUT2D eigenvalue weighted by molar-refractivity contribution is 0.228. The third-order valence-electron chi connectivity index (χ3n) is 3.31. The van der Waals surface area contributed by atoms with Crippen LogP contribution >= 0.6 is 0 Å². The van der Waals surface area contributed by atoms with Gasteiger partial charge in [-0.05, 0) is 39.3 Å². The maximum Gasteiger partial charge on any atom is 0.165 e. The Morgan fingerprint density at radius 1 is 1.11 bits per heavy atom. The van der Waals surface area contributed by atoms with Gasteiger partial charge in [-0.3, -0.25) is 0 Å². The van der Waals surface area contributed by atoms with Crippen molar-refractivity contribution in [2.75, 3.05) is 20.8 Å². The second-order valence-electron chi connectivity index (χ2n) is 5.06. The molecule has 0 radical (unpaired) electrons. The number of nitrogens with one attached hydrogen (secondary N) is 1. The Labute approximate surface area is 115 Å². The third-order valence-corrected chi connectivity index (χ3v) is 3.31. The zero-order valence-corrected chi connectivity index (χ0v) is 12.2. The van der Waals surface area contributed by atoms with Crippen LogP contribution in [0.3, 0.4) is 0 Å².